The fourth-order valence-corrected chi connectivity index (χ4v) is 3.55. The van der Waals surface area contributed by atoms with Crippen molar-refractivity contribution in [3.8, 4) is 11.3 Å². The van der Waals surface area contributed by atoms with Crippen LogP contribution in [0.25, 0.3) is 28.2 Å². The van der Waals surface area contributed by atoms with Crippen LogP contribution in [0.2, 0.25) is 5.02 Å². The molecule has 1 saturated heterocycles. The van der Waals surface area contributed by atoms with Crippen LogP contribution in [0.5, 0.6) is 0 Å². The van der Waals surface area contributed by atoms with Gasteiger partial charge in [-0.15, -0.1) is 0 Å². The monoisotopic (exact) mass is 481 g/mol. The third-order valence-electron chi connectivity index (χ3n) is 5.70. The van der Waals surface area contributed by atoms with Gasteiger partial charge in [0.2, 0.25) is 0 Å². The van der Waals surface area contributed by atoms with Crippen molar-refractivity contribution in [3.05, 3.63) is 83.8 Å². The number of pyridine rings is 1. The zero-order chi connectivity index (χ0) is 25.1. The first-order valence-electron chi connectivity index (χ1n) is 11.9. The lowest BCUT2D eigenvalue weighted by Gasteiger charge is -2.33. The van der Waals surface area contributed by atoms with Crippen LogP contribution in [0.15, 0.2) is 67.4 Å². The average molecular weight is 482 g/mol. The van der Waals surface area contributed by atoms with Crippen molar-refractivity contribution in [2.24, 2.45) is 0 Å². The first-order valence-corrected chi connectivity index (χ1v) is 12.2. The van der Waals surface area contributed by atoms with E-state index in [0.29, 0.717) is 5.02 Å². The summed E-state index contributed by atoms with van der Waals surface area (Å²) in [6.07, 6.45) is 4.40. The van der Waals surface area contributed by atoms with Crippen LogP contribution < -0.4 is 0 Å². The molecule has 3 nitrogen and oxygen atoms in total. The van der Waals surface area contributed by atoms with Crippen molar-refractivity contribution in [3.63, 3.8) is 0 Å². The molecule has 1 aliphatic heterocycles. The molecule has 0 spiro atoms. The van der Waals surface area contributed by atoms with Gasteiger partial charge in [-0.05, 0) is 55.9 Å². The van der Waals surface area contributed by atoms with E-state index in [0.717, 1.165) is 40.8 Å². The van der Waals surface area contributed by atoms with Crippen molar-refractivity contribution in [1.82, 2.24) is 14.8 Å². The van der Waals surface area contributed by atoms with Gasteiger partial charge < -0.3 is 9.80 Å². The minimum absolute atomic E-state index is 0.269. The number of allylic oxidation sites excluding steroid dienone is 1. The number of likely N-dealkylation sites (N-methyl/N-ethyl adjacent to an activating group) is 1. The SMILES string of the molecule is C=C(C)N1CCN(C)CC1.C=Cc1ccc2c(Cl)cc(-c3ccc(F)cc3)nc2c1.CCCC. The van der Waals surface area contributed by atoms with Crippen LogP contribution in [0.1, 0.15) is 39.2 Å². The topological polar surface area (TPSA) is 19.4 Å². The fourth-order valence-electron chi connectivity index (χ4n) is 3.29. The van der Waals surface area contributed by atoms with Gasteiger partial charge in [0.15, 0.2) is 0 Å². The van der Waals surface area contributed by atoms with E-state index >= 15 is 0 Å². The number of piperazine rings is 1. The Morgan fingerprint density at radius 1 is 1.03 bits per heavy atom. The summed E-state index contributed by atoms with van der Waals surface area (Å²) in [5.41, 5.74) is 4.54. The molecule has 34 heavy (non-hydrogen) atoms. The third-order valence-corrected chi connectivity index (χ3v) is 6.01. The Hall–Kier alpha value is -2.69. The molecule has 0 saturated carbocycles. The van der Waals surface area contributed by atoms with E-state index < -0.39 is 0 Å². The summed E-state index contributed by atoms with van der Waals surface area (Å²) in [7, 11) is 2.16. The Balaban J connectivity index is 0.000000244. The summed E-state index contributed by atoms with van der Waals surface area (Å²) in [4.78, 5) is 9.27. The lowest BCUT2D eigenvalue weighted by atomic mass is 10.1. The molecule has 3 aromatic rings. The number of fused-ring (bicyclic) bond motifs is 1. The number of halogens is 2. The highest BCUT2D eigenvalue weighted by Gasteiger charge is 2.11. The quantitative estimate of drug-likeness (QED) is 0.377. The number of unbranched alkanes of at least 4 members (excludes halogenated alkanes) is 1. The van der Waals surface area contributed by atoms with Crippen LogP contribution in [-0.4, -0.2) is 48.0 Å². The van der Waals surface area contributed by atoms with E-state index in [9.17, 15) is 4.39 Å². The summed E-state index contributed by atoms with van der Waals surface area (Å²) in [5, 5.41) is 1.52. The Morgan fingerprint density at radius 2 is 1.65 bits per heavy atom. The van der Waals surface area contributed by atoms with E-state index in [4.69, 9.17) is 11.6 Å². The van der Waals surface area contributed by atoms with Crippen molar-refractivity contribution in [2.45, 2.75) is 33.6 Å². The van der Waals surface area contributed by atoms with Crippen molar-refractivity contribution < 1.29 is 4.39 Å². The first-order chi connectivity index (χ1) is 16.3. The van der Waals surface area contributed by atoms with Gasteiger partial charge in [0.25, 0.3) is 0 Å². The van der Waals surface area contributed by atoms with E-state index in [1.54, 1.807) is 24.3 Å². The molecular formula is C29H37ClFN3. The maximum atomic E-state index is 13.0. The number of aromatic nitrogens is 1. The second kappa shape index (κ2) is 13.9. The molecule has 1 fully saturated rings. The molecule has 0 N–H and O–H groups in total. The van der Waals surface area contributed by atoms with Crippen molar-refractivity contribution in [2.75, 3.05) is 33.2 Å². The molecule has 0 aliphatic carbocycles. The van der Waals surface area contributed by atoms with Crippen molar-refractivity contribution >= 4 is 28.6 Å². The van der Waals surface area contributed by atoms with Gasteiger partial charge in [-0.25, -0.2) is 9.37 Å². The standard InChI is InChI=1S/C17H11ClFN.C8H16N2.C4H10/c1-2-11-3-8-14-15(18)10-16(20-17(14)9-11)12-4-6-13(19)7-5-12;1-8(2)10-6-4-9(3)5-7-10;1-3-4-2/h2-10H,1H2;1,4-7H2,2-3H3;3-4H2,1-2H3. The highest BCUT2D eigenvalue weighted by molar-refractivity contribution is 6.35. The maximum Gasteiger partial charge on any atom is 0.123 e. The van der Waals surface area contributed by atoms with E-state index in [1.807, 2.05) is 18.2 Å². The van der Waals surface area contributed by atoms with Crippen molar-refractivity contribution in [1.29, 1.82) is 0 Å². The van der Waals surface area contributed by atoms with E-state index in [-0.39, 0.29) is 5.82 Å². The Bertz CT molecular complexity index is 1070. The van der Waals surface area contributed by atoms with E-state index in [1.165, 1.54) is 43.8 Å². The molecule has 4 rings (SSSR count). The second-order valence-corrected chi connectivity index (χ2v) is 8.91. The minimum Gasteiger partial charge on any atom is -0.373 e. The number of benzene rings is 2. The largest absolute Gasteiger partial charge is 0.373 e. The predicted molar refractivity (Wildman–Crippen MR) is 147 cm³/mol. The number of hydrogen-bond acceptors (Lipinski definition) is 3. The highest BCUT2D eigenvalue weighted by Crippen LogP contribution is 2.29. The summed E-state index contributed by atoms with van der Waals surface area (Å²) in [6, 6.07) is 13.8. The molecular weight excluding hydrogens is 445 g/mol. The lowest BCUT2D eigenvalue weighted by molar-refractivity contribution is 0.187. The van der Waals surface area contributed by atoms with Gasteiger partial charge in [-0.3, -0.25) is 0 Å². The average Bonchev–Trinajstić information content (AvgIpc) is 2.85. The molecule has 182 valence electrons. The second-order valence-electron chi connectivity index (χ2n) is 8.50. The molecule has 0 amide bonds. The summed E-state index contributed by atoms with van der Waals surface area (Å²) in [6.45, 7) is 18.7. The zero-order valence-corrected chi connectivity index (χ0v) is 21.7. The normalized spacial score (nSPS) is 13.4. The predicted octanol–water partition coefficient (Wildman–Crippen LogP) is 7.91. The van der Waals surface area contributed by atoms with Gasteiger partial charge in [-0.2, -0.15) is 0 Å². The van der Waals surface area contributed by atoms with Gasteiger partial charge >= 0.3 is 0 Å². The van der Waals surface area contributed by atoms with E-state index in [2.05, 4.69) is 55.8 Å². The zero-order valence-electron chi connectivity index (χ0n) is 21.0. The summed E-state index contributed by atoms with van der Waals surface area (Å²) >= 11 is 6.30. The van der Waals surface area contributed by atoms with Gasteiger partial charge in [0.05, 0.1) is 16.2 Å². The summed E-state index contributed by atoms with van der Waals surface area (Å²) < 4.78 is 13.0. The van der Waals surface area contributed by atoms with Gasteiger partial charge in [0.1, 0.15) is 5.82 Å². The molecule has 0 unspecified atom stereocenters. The molecule has 0 radical (unpaired) electrons. The third kappa shape index (κ3) is 8.27. The molecule has 1 aromatic heterocycles. The number of nitrogens with zero attached hydrogens (tertiary/aromatic N) is 3. The van der Waals surface area contributed by atoms with Crippen LogP contribution in [0.3, 0.4) is 0 Å². The Morgan fingerprint density at radius 3 is 2.18 bits per heavy atom. The van der Waals surface area contributed by atoms with Gasteiger partial charge in [0, 0.05) is 42.8 Å². The molecule has 0 bridgehead atoms. The smallest absolute Gasteiger partial charge is 0.123 e. The Kier molecular flexibility index (Phi) is 11.2. The first kappa shape index (κ1) is 27.6. The molecule has 5 heteroatoms. The Labute approximate surface area is 209 Å². The molecule has 2 aromatic carbocycles. The molecule has 0 atom stereocenters. The van der Waals surface area contributed by atoms with Crippen LogP contribution >= 0.6 is 11.6 Å². The lowest BCUT2D eigenvalue weighted by Crippen LogP contribution is -2.43. The molecule has 1 aliphatic rings. The maximum absolute atomic E-state index is 13.0. The van der Waals surface area contributed by atoms with Gasteiger partial charge in [-0.1, -0.05) is 69.7 Å². The van der Waals surface area contributed by atoms with Crippen LogP contribution in [-0.2, 0) is 0 Å². The highest BCUT2D eigenvalue weighted by atomic mass is 35.5. The number of rotatable bonds is 4. The fraction of sp³-hybridized carbons (Fsp3) is 0.345. The number of hydrogen-bond donors (Lipinski definition) is 0. The summed E-state index contributed by atoms with van der Waals surface area (Å²) in [5.74, 6) is -0.269. The molecule has 2 heterocycles. The van der Waals surface area contributed by atoms with Crippen LogP contribution in [0.4, 0.5) is 4.39 Å². The minimum atomic E-state index is -0.269. The van der Waals surface area contributed by atoms with Crippen LogP contribution in [0, 0.1) is 5.82 Å².